The minimum absolute atomic E-state index is 0.0919. The van der Waals surface area contributed by atoms with Crippen LogP contribution < -0.4 is 0 Å². The van der Waals surface area contributed by atoms with Gasteiger partial charge in [0.1, 0.15) is 12.0 Å². The third-order valence-electron chi connectivity index (χ3n) is 1.54. The Kier molecular flexibility index (Phi) is 3.49. The fourth-order valence-electron chi connectivity index (χ4n) is 0.908. The first-order valence-corrected chi connectivity index (χ1v) is 4.26. The second kappa shape index (κ2) is 4.42. The van der Waals surface area contributed by atoms with Crippen LogP contribution in [0.2, 0.25) is 0 Å². The van der Waals surface area contributed by atoms with E-state index < -0.39 is 0 Å². The molecule has 1 unspecified atom stereocenters. The van der Waals surface area contributed by atoms with Gasteiger partial charge in [0.25, 0.3) is 0 Å². The maximum Gasteiger partial charge on any atom is 0.241 e. The van der Waals surface area contributed by atoms with E-state index in [1.165, 1.54) is 0 Å². The topological polar surface area (TPSA) is 48.2 Å². The van der Waals surface area contributed by atoms with Gasteiger partial charge >= 0.3 is 0 Å². The molecule has 4 nitrogen and oxygen atoms in total. The second-order valence-corrected chi connectivity index (χ2v) is 2.58. The van der Waals surface area contributed by atoms with E-state index in [0.29, 0.717) is 11.7 Å². The summed E-state index contributed by atoms with van der Waals surface area (Å²) in [6.07, 6.45) is 0.725. The van der Waals surface area contributed by atoms with Crippen molar-refractivity contribution in [3.63, 3.8) is 0 Å². The molecule has 0 amide bonds. The number of alkyl halides is 1. The predicted molar refractivity (Wildman–Crippen MR) is 43.9 cm³/mol. The first-order chi connectivity index (χ1) is 5.81. The van der Waals surface area contributed by atoms with Crippen molar-refractivity contribution in [2.75, 3.05) is 7.11 Å². The smallest absolute Gasteiger partial charge is 0.241 e. The average molecular weight is 191 g/mol. The maximum absolute atomic E-state index is 5.49. The Labute approximate surface area is 75.9 Å². The molecule has 1 aromatic rings. The van der Waals surface area contributed by atoms with E-state index in [2.05, 4.69) is 10.1 Å². The lowest BCUT2D eigenvalue weighted by Gasteiger charge is -2.05. The van der Waals surface area contributed by atoms with E-state index in [1.807, 2.05) is 6.92 Å². The van der Waals surface area contributed by atoms with Crippen molar-refractivity contribution in [1.29, 1.82) is 0 Å². The number of rotatable bonds is 4. The zero-order valence-electron chi connectivity index (χ0n) is 7.08. The van der Waals surface area contributed by atoms with Crippen LogP contribution in [0.3, 0.4) is 0 Å². The highest BCUT2D eigenvalue weighted by atomic mass is 35.5. The highest BCUT2D eigenvalue weighted by molar-refractivity contribution is 6.16. The molecule has 0 saturated carbocycles. The Hall–Kier alpha value is -0.610. The minimum Gasteiger partial charge on any atom is -0.373 e. The van der Waals surface area contributed by atoms with Crippen molar-refractivity contribution >= 4 is 11.6 Å². The van der Waals surface area contributed by atoms with Crippen LogP contribution in [0.4, 0.5) is 0 Å². The molecule has 1 aromatic heterocycles. The SMILES string of the molecule is CCC(OC)c1noc(CCl)n1. The normalized spacial score (nSPS) is 13.2. The first-order valence-electron chi connectivity index (χ1n) is 3.73. The minimum atomic E-state index is -0.0919. The number of hydrogen-bond acceptors (Lipinski definition) is 4. The monoisotopic (exact) mass is 190 g/mol. The summed E-state index contributed by atoms with van der Waals surface area (Å²) in [5.41, 5.74) is 0. The number of nitrogens with zero attached hydrogens (tertiary/aromatic N) is 2. The third kappa shape index (κ3) is 1.95. The molecule has 0 radical (unpaired) electrons. The largest absolute Gasteiger partial charge is 0.373 e. The molecule has 1 atom stereocenters. The highest BCUT2D eigenvalue weighted by Gasteiger charge is 2.14. The van der Waals surface area contributed by atoms with Gasteiger partial charge in [-0.15, -0.1) is 11.6 Å². The van der Waals surface area contributed by atoms with Gasteiger partial charge < -0.3 is 9.26 Å². The van der Waals surface area contributed by atoms with E-state index in [9.17, 15) is 0 Å². The Morgan fingerprint density at radius 1 is 1.67 bits per heavy atom. The molecule has 12 heavy (non-hydrogen) atoms. The van der Waals surface area contributed by atoms with E-state index in [-0.39, 0.29) is 12.0 Å². The summed E-state index contributed by atoms with van der Waals surface area (Å²) in [6.45, 7) is 1.99. The van der Waals surface area contributed by atoms with Crippen LogP contribution in [0.1, 0.15) is 31.2 Å². The standard InChI is InChI=1S/C7H11ClN2O2/c1-3-5(11-2)7-9-6(4-8)12-10-7/h5H,3-4H2,1-2H3. The third-order valence-corrected chi connectivity index (χ3v) is 1.77. The summed E-state index contributed by atoms with van der Waals surface area (Å²) in [7, 11) is 1.62. The van der Waals surface area contributed by atoms with Crippen LogP contribution in [-0.2, 0) is 10.6 Å². The molecule has 0 spiro atoms. The van der Waals surface area contributed by atoms with E-state index >= 15 is 0 Å². The van der Waals surface area contributed by atoms with Gasteiger partial charge in [-0.1, -0.05) is 12.1 Å². The van der Waals surface area contributed by atoms with Gasteiger partial charge in [0, 0.05) is 7.11 Å². The fourth-order valence-corrected chi connectivity index (χ4v) is 1.02. The summed E-state index contributed by atoms with van der Waals surface area (Å²) in [5, 5.41) is 3.73. The number of halogens is 1. The molecule has 0 fully saturated rings. The van der Waals surface area contributed by atoms with Crippen LogP contribution >= 0.6 is 11.6 Å². The van der Waals surface area contributed by atoms with Gasteiger partial charge in [-0.05, 0) is 6.42 Å². The van der Waals surface area contributed by atoms with Crippen molar-refractivity contribution in [3.05, 3.63) is 11.7 Å². The Morgan fingerprint density at radius 3 is 2.83 bits per heavy atom. The molecule has 0 aliphatic heterocycles. The first kappa shape index (κ1) is 9.48. The number of aromatic nitrogens is 2. The van der Waals surface area contributed by atoms with E-state index in [1.54, 1.807) is 7.11 Å². The van der Waals surface area contributed by atoms with Crippen molar-refractivity contribution in [2.45, 2.75) is 25.3 Å². The molecule has 0 aliphatic rings. The molecular weight excluding hydrogens is 180 g/mol. The average Bonchev–Trinajstić information content (AvgIpc) is 2.55. The predicted octanol–water partition coefficient (Wildman–Crippen LogP) is 1.91. The summed E-state index contributed by atoms with van der Waals surface area (Å²) in [6, 6.07) is 0. The van der Waals surface area contributed by atoms with Crippen molar-refractivity contribution in [3.8, 4) is 0 Å². The molecular formula is C7H11ClN2O2. The number of hydrogen-bond donors (Lipinski definition) is 0. The lowest BCUT2D eigenvalue weighted by Crippen LogP contribution is -2.01. The van der Waals surface area contributed by atoms with Crippen LogP contribution in [0, 0.1) is 0 Å². The zero-order chi connectivity index (χ0) is 8.97. The van der Waals surface area contributed by atoms with Gasteiger partial charge in [0.2, 0.25) is 11.7 Å². The lowest BCUT2D eigenvalue weighted by molar-refractivity contribution is 0.0903. The van der Waals surface area contributed by atoms with Crippen LogP contribution in [0.5, 0.6) is 0 Å². The number of ether oxygens (including phenoxy) is 1. The summed E-state index contributed by atoms with van der Waals surface area (Å²) in [4.78, 5) is 4.04. The molecule has 1 heterocycles. The molecule has 0 saturated heterocycles. The van der Waals surface area contributed by atoms with Gasteiger partial charge in [0.15, 0.2) is 0 Å². The van der Waals surface area contributed by atoms with Crippen molar-refractivity contribution < 1.29 is 9.26 Å². The molecule has 5 heteroatoms. The highest BCUT2D eigenvalue weighted by Crippen LogP contribution is 2.16. The molecule has 68 valence electrons. The quantitative estimate of drug-likeness (QED) is 0.681. The zero-order valence-corrected chi connectivity index (χ0v) is 7.84. The molecule has 1 rings (SSSR count). The Morgan fingerprint density at radius 2 is 2.42 bits per heavy atom. The summed E-state index contributed by atoms with van der Waals surface area (Å²) < 4.78 is 9.94. The van der Waals surface area contributed by atoms with Gasteiger partial charge in [-0.25, -0.2) is 0 Å². The maximum atomic E-state index is 5.49. The fraction of sp³-hybridized carbons (Fsp3) is 0.714. The lowest BCUT2D eigenvalue weighted by atomic mass is 10.3. The van der Waals surface area contributed by atoms with Gasteiger partial charge in [0.05, 0.1) is 0 Å². The number of methoxy groups -OCH3 is 1. The summed E-state index contributed by atoms with van der Waals surface area (Å²) >= 11 is 5.49. The molecule has 0 aromatic carbocycles. The van der Waals surface area contributed by atoms with Crippen molar-refractivity contribution in [1.82, 2.24) is 10.1 Å². The van der Waals surface area contributed by atoms with Gasteiger partial charge in [-0.3, -0.25) is 0 Å². The molecule has 0 bridgehead atoms. The van der Waals surface area contributed by atoms with Crippen LogP contribution in [-0.4, -0.2) is 17.3 Å². The van der Waals surface area contributed by atoms with Gasteiger partial charge in [-0.2, -0.15) is 4.98 Å². The van der Waals surface area contributed by atoms with Crippen molar-refractivity contribution in [2.24, 2.45) is 0 Å². The molecule has 0 aliphatic carbocycles. The van der Waals surface area contributed by atoms with Crippen LogP contribution in [0.15, 0.2) is 4.52 Å². The Bertz CT molecular complexity index is 235. The van der Waals surface area contributed by atoms with E-state index in [4.69, 9.17) is 20.9 Å². The van der Waals surface area contributed by atoms with E-state index in [0.717, 1.165) is 6.42 Å². The summed E-state index contributed by atoms with van der Waals surface area (Å²) in [5.74, 6) is 1.24. The Balaban J connectivity index is 2.72. The molecule has 0 N–H and O–H groups in total. The second-order valence-electron chi connectivity index (χ2n) is 2.31. The van der Waals surface area contributed by atoms with Crippen LogP contribution in [0.25, 0.3) is 0 Å².